The number of rotatable bonds is 4. The van der Waals surface area contributed by atoms with Crippen LogP contribution in [0, 0.1) is 0 Å². The van der Waals surface area contributed by atoms with Crippen LogP contribution in [0.5, 0.6) is 0 Å². The Hall–Kier alpha value is -1.06. The number of hydrogen-bond donors (Lipinski definition) is 1. The summed E-state index contributed by atoms with van der Waals surface area (Å²) < 4.78 is 0. The molecule has 1 saturated carbocycles. The molecule has 0 unspecified atom stereocenters. The summed E-state index contributed by atoms with van der Waals surface area (Å²) in [6.07, 6.45) is 4.22. The van der Waals surface area contributed by atoms with Crippen molar-refractivity contribution in [2.45, 2.75) is 44.6 Å². The second kappa shape index (κ2) is 4.84. The Balaban J connectivity index is 2.13. The highest BCUT2D eigenvalue weighted by molar-refractivity contribution is 5.80. The molecular formula is C9H14NO3-. The molecule has 0 aromatic rings. The zero-order valence-electron chi connectivity index (χ0n) is 7.54. The van der Waals surface area contributed by atoms with Gasteiger partial charge >= 0.3 is 0 Å². The first-order valence-electron chi connectivity index (χ1n) is 4.67. The van der Waals surface area contributed by atoms with Crippen molar-refractivity contribution in [3.05, 3.63) is 0 Å². The van der Waals surface area contributed by atoms with Crippen LogP contribution in [0.1, 0.15) is 38.5 Å². The lowest BCUT2D eigenvalue weighted by atomic mass is 10.2. The van der Waals surface area contributed by atoms with Crippen LogP contribution in [0.15, 0.2) is 0 Å². The molecule has 0 bridgehead atoms. The smallest absolute Gasteiger partial charge is 0.220 e. The molecule has 0 aromatic heterocycles. The molecule has 74 valence electrons. The molecule has 0 atom stereocenters. The average molecular weight is 184 g/mol. The van der Waals surface area contributed by atoms with Crippen LogP contribution < -0.4 is 10.4 Å². The molecule has 0 saturated heterocycles. The molecule has 4 nitrogen and oxygen atoms in total. The Labute approximate surface area is 77.3 Å². The fourth-order valence-corrected chi connectivity index (χ4v) is 1.59. The van der Waals surface area contributed by atoms with E-state index in [0.29, 0.717) is 0 Å². The summed E-state index contributed by atoms with van der Waals surface area (Å²) in [5.74, 6) is -1.34. The minimum Gasteiger partial charge on any atom is -0.550 e. The van der Waals surface area contributed by atoms with Crippen LogP contribution in [-0.4, -0.2) is 17.9 Å². The zero-order chi connectivity index (χ0) is 9.68. The van der Waals surface area contributed by atoms with Crippen LogP contribution in [0.3, 0.4) is 0 Å². The second-order valence-electron chi connectivity index (χ2n) is 3.42. The summed E-state index contributed by atoms with van der Waals surface area (Å²) in [6, 6.07) is 0.272. The fourth-order valence-electron chi connectivity index (χ4n) is 1.59. The van der Waals surface area contributed by atoms with Gasteiger partial charge in [0.15, 0.2) is 0 Å². The number of carboxylic acid groups (broad SMARTS) is 1. The fraction of sp³-hybridized carbons (Fsp3) is 0.778. The monoisotopic (exact) mass is 184 g/mol. The molecule has 1 aliphatic carbocycles. The van der Waals surface area contributed by atoms with E-state index in [-0.39, 0.29) is 24.8 Å². The first kappa shape index (κ1) is 10.0. The summed E-state index contributed by atoms with van der Waals surface area (Å²) in [6.45, 7) is 0. The van der Waals surface area contributed by atoms with Crippen LogP contribution in [-0.2, 0) is 9.59 Å². The molecule has 0 aromatic carbocycles. The maximum absolute atomic E-state index is 11.1. The van der Waals surface area contributed by atoms with E-state index in [4.69, 9.17) is 0 Å². The number of carbonyl (C=O) groups excluding carboxylic acids is 2. The van der Waals surface area contributed by atoms with Crippen molar-refractivity contribution in [3.8, 4) is 0 Å². The molecule has 1 fully saturated rings. The van der Waals surface area contributed by atoms with Gasteiger partial charge in [-0.2, -0.15) is 0 Å². The zero-order valence-corrected chi connectivity index (χ0v) is 7.54. The Morgan fingerprint density at radius 3 is 2.38 bits per heavy atom. The van der Waals surface area contributed by atoms with Crippen molar-refractivity contribution in [1.29, 1.82) is 0 Å². The highest BCUT2D eigenvalue weighted by Gasteiger charge is 2.16. The van der Waals surface area contributed by atoms with Gasteiger partial charge in [0.05, 0.1) is 0 Å². The lowest BCUT2D eigenvalue weighted by Crippen LogP contribution is -2.33. The van der Waals surface area contributed by atoms with Gasteiger partial charge in [-0.1, -0.05) is 12.8 Å². The summed E-state index contributed by atoms with van der Waals surface area (Å²) in [5, 5.41) is 12.9. The number of hydrogen-bond acceptors (Lipinski definition) is 3. The van der Waals surface area contributed by atoms with Crippen LogP contribution >= 0.6 is 0 Å². The van der Waals surface area contributed by atoms with E-state index in [1.54, 1.807) is 0 Å². The van der Waals surface area contributed by atoms with E-state index < -0.39 is 5.97 Å². The predicted octanol–water partition coefficient (Wildman–Crippen LogP) is -0.425. The lowest BCUT2D eigenvalue weighted by Gasteiger charge is -2.11. The highest BCUT2D eigenvalue weighted by atomic mass is 16.4. The first-order valence-corrected chi connectivity index (χ1v) is 4.67. The molecule has 13 heavy (non-hydrogen) atoms. The minimum absolute atomic E-state index is 0.0405. The topological polar surface area (TPSA) is 69.2 Å². The Bertz CT molecular complexity index is 197. The van der Waals surface area contributed by atoms with Gasteiger partial charge in [-0.15, -0.1) is 0 Å². The number of amides is 1. The van der Waals surface area contributed by atoms with Gasteiger partial charge < -0.3 is 15.2 Å². The molecule has 1 rings (SSSR count). The summed E-state index contributed by atoms with van der Waals surface area (Å²) in [4.78, 5) is 21.2. The summed E-state index contributed by atoms with van der Waals surface area (Å²) >= 11 is 0. The number of carbonyl (C=O) groups is 2. The van der Waals surface area contributed by atoms with Gasteiger partial charge in [-0.3, -0.25) is 4.79 Å². The first-order chi connectivity index (χ1) is 6.18. The SMILES string of the molecule is O=C([O-])CCC(=O)NC1CCCC1. The van der Waals surface area contributed by atoms with Gasteiger partial charge in [-0.05, 0) is 19.3 Å². The van der Waals surface area contributed by atoms with Gasteiger partial charge in [0.2, 0.25) is 5.91 Å². The van der Waals surface area contributed by atoms with E-state index in [2.05, 4.69) is 5.32 Å². The van der Waals surface area contributed by atoms with Gasteiger partial charge in [0.25, 0.3) is 0 Å². The molecule has 0 aliphatic heterocycles. The molecule has 0 heterocycles. The molecular weight excluding hydrogens is 170 g/mol. The van der Waals surface area contributed by atoms with E-state index in [1.807, 2.05) is 0 Å². The van der Waals surface area contributed by atoms with Gasteiger partial charge in [0.1, 0.15) is 0 Å². The van der Waals surface area contributed by atoms with Crippen LogP contribution in [0.2, 0.25) is 0 Å². The largest absolute Gasteiger partial charge is 0.550 e. The quantitative estimate of drug-likeness (QED) is 0.645. The lowest BCUT2D eigenvalue weighted by molar-refractivity contribution is -0.305. The van der Waals surface area contributed by atoms with Crippen molar-refractivity contribution in [1.82, 2.24) is 5.32 Å². The molecule has 1 amide bonds. The predicted molar refractivity (Wildman–Crippen MR) is 44.6 cm³/mol. The molecule has 1 aliphatic rings. The van der Waals surface area contributed by atoms with E-state index in [0.717, 1.165) is 25.7 Å². The summed E-state index contributed by atoms with van der Waals surface area (Å²) in [5.41, 5.74) is 0. The van der Waals surface area contributed by atoms with Gasteiger partial charge in [-0.25, -0.2) is 0 Å². The molecule has 1 N–H and O–H groups in total. The molecule has 0 radical (unpaired) electrons. The van der Waals surface area contributed by atoms with Gasteiger partial charge in [0, 0.05) is 18.4 Å². The third-order valence-electron chi connectivity index (χ3n) is 2.28. The normalized spacial score (nSPS) is 17.2. The number of aliphatic carboxylic acids is 1. The van der Waals surface area contributed by atoms with Crippen molar-refractivity contribution in [2.75, 3.05) is 0 Å². The standard InChI is InChI=1S/C9H15NO3/c11-8(5-6-9(12)13)10-7-3-1-2-4-7/h7H,1-6H2,(H,10,11)(H,12,13)/p-1. The van der Waals surface area contributed by atoms with Crippen molar-refractivity contribution >= 4 is 11.9 Å². The van der Waals surface area contributed by atoms with Crippen LogP contribution in [0.4, 0.5) is 0 Å². The Kier molecular flexibility index (Phi) is 3.73. The number of carboxylic acids is 1. The van der Waals surface area contributed by atoms with Crippen molar-refractivity contribution < 1.29 is 14.7 Å². The van der Waals surface area contributed by atoms with Crippen molar-refractivity contribution in [3.63, 3.8) is 0 Å². The maximum atomic E-state index is 11.1. The molecule has 0 spiro atoms. The van der Waals surface area contributed by atoms with E-state index in [9.17, 15) is 14.7 Å². The van der Waals surface area contributed by atoms with E-state index in [1.165, 1.54) is 0 Å². The third-order valence-corrected chi connectivity index (χ3v) is 2.28. The van der Waals surface area contributed by atoms with Crippen LogP contribution in [0.25, 0.3) is 0 Å². The maximum Gasteiger partial charge on any atom is 0.220 e. The second-order valence-corrected chi connectivity index (χ2v) is 3.42. The third kappa shape index (κ3) is 3.92. The Morgan fingerprint density at radius 1 is 1.23 bits per heavy atom. The molecule has 4 heteroatoms. The highest BCUT2D eigenvalue weighted by Crippen LogP contribution is 2.17. The number of nitrogens with one attached hydrogen (secondary N) is 1. The minimum atomic E-state index is -1.17. The summed E-state index contributed by atoms with van der Waals surface area (Å²) in [7, 11) is 0. The van der Waals surface area contributed by atoms with E-state index >= 15 is 0 Å². The average Bonchev–Trinajstić information content (AvgIpc) is 2.53. The Morgan fingerprint density at radius 2 is 1.85 bits per heavy atom. The van der Waals surface area contributed by atoms with Crippen molar-refractivity contribution in [2.24, 2.45) is 0 Å².